The van der Waals surface area contributed by atoms with Gasteiger partial charge >= 0.3 is 0 Å². The molecule has 0 spiro atoms. The van der Waals surface area contributed by atoms with Crippen LogP contribution in [0.25, 0.3) is 0 Å². The molecule has 0 aliphatic heterocycles. The second-order valence-corrected chi connectivity index (χ2v) is 1.28. The van der Waals surface area contributed by atoms with E-state index in [1.807, 2.05) is 6.07 Å². The second-order valence-electron chi connectivity index (χ2n) is 1.28. The molecule has 1 N–H and O–H groups in total. The minimum Gasteiger partial charge on any atom is -0.330 e. The van der Waals surface area contributed by atoms with Crippen molar-refractivity contribution in [1.82, 2.24) is 4.98 Å². The van der Waals surface area contributed by atoms with E-state index in [0.717, 1.165) is 0 Å². The molecule has 0 amide bonds. The molecule has 0 saturated carbocycles. The van der Waals surface area contributed by atoms with Crippen LogP contribution in [0, 0.1) is 0 Å². The van der Waals surface area contributed by atoms with Crippen molar-refractivity contribution in [3.63, 3.8) is 0 Å². The SMILES string of the molecule is COOc1ccc[nH]1. The lowest BCUT2D eigenvalue weighted by Crippen LogP contribution is -1.88. The summed E-state index contributed by atoms with van der Waals surface area (Å²) in [6.07, 6.45) is 1.76. The standard InChI is InChI=1S/C5H7NO2/c1-7-8-5-3-2-4-6-5/h2-4,6H,1H3. The molecule has 0 radical (unpaired) electrons. The summed E-state index contributed by atoms with van der Waals surface area (Å²) in [5.74, 6) is 0.618. The molecule has 3 nitrogen and oxygen atoms in total. The van der Waals surface area contributed by atoms with E-state index in [1.165, 1.54) is 7.11 Å². The molecule has 0 fully saturated rings. The van der Waals surface area contributed by atoms with Crippen molar-refractivity contribution >= 4 is 0 Å². The number of nitrogens with one attached hydrogen (secondary N) is 1. The predicted molar refractivity (Wildman–Crippen MR) is 28.4 cm³/mol. The Kier molecular flexibility index (Phi) is 1.54. The van der Waals surface area contributed by atoms with E-state index in [0.29, 0.717) is 5.88 Å². The molecule has 0 aliphatic rings. The fourth-order valence-corrected chi connectivity index (χ4v) is 0.455. The quantitative estimate of drug-likeness (QED) is 0.457. The molecule has 0 unspecified atom stereocenters. The summed E-state index contributed by atoms with van der Waals surface area (Å²) >= 11 is 0. The van der Waals surface area contributed by atoms with Gasteiger partial charge in [0.25, 0.3) is 0 Å². The van der Waals surface area contributed by atoms with Crippen LogP contribution < -0.4 is 4.89 Å². The maximum atomic E-state index is 4.59. The molecule has 0 saturated heterocycles. The predicted octanol–water partition coefficient (Wildman–Crippen LogP) is 0.955. The zero-order valence-electron chi connectivity index (χ0n) is 4.55. The van der Waals surface area contributed by atoms with Gasteiger partial charge in [0.05, 0.1) is 7.11 Å². The van der Waals surface area contributed by atoms with Crippen molar-refractivity contribution in [2.45, 2.75) is 0 Å². The van der Waals surface area contributed by atoms with Gasteiger partial charge in [0.2, 0.25) is 5.88 Å². The van der Waals surface area contributed by atoms with E-state index < -0.39 is 0 Å². The van der Waals surface area contributed by atoms with Crippen LogP contribution in [-0.2, 0) is 4.89 Å². The van der Waals surface area contributed by atoms with E-state index in [1.54, 1.807) is 12.3 Å². The Morgan fingerprint density at radius 1 is 1.62 bits per heavy atom. The molecule has 0 bridgehead atoms. The Morgan fingerprint density at radius 2 is 2.50 bits per heavy atom. The van der Waals surface area contributed by atoms with Gasteiger partial charge in [-0.1, -0.05) is 0 Å². The van der Waals surface area contributed by atoms with Crippen LogP contribution in [0.15, 0.2) is 18.3 Å². The van der Waals surface area contributed by atoms with Gasteiger partial charge in [-0.25, -0.2) is 0 Å². The summed E-state index contributed by atoms with van der Waals surface area (Å²) in [6, 6.07) is 3.60. The summed E-state index contributed by atoms with van der Waals surface area (Å²) in [6.45, 7) is 0. The van der Waals surface area contributed by atoms with Crippen LogP contribution >= 0.6 is 0 Å². The zero-order chi connectivity index (χ0) is 5.82. The average molecular weight is 113 g/mol. The first-order valence-corrected chi connectivity index (χ1v) is 2.27. The van der Waals surface area contributed by atoms with E-state index in [9.17, 15) is 0 Å². The Morgan fingerprint density at radius 3 is 3.00 bits per heavy atom. The summed E-state index contributed by atoms with van der Waals surface area (Å²) in [5, 5.41) is 0. The molecule has 44 valence electrons. The van der Waals surface area contributed by atoms with Crippen LogP contribution in [0.4, 0.5) is 0 Å². The topological polar surface area (TPSA) is 34.2 Å². The number of hydrogen-bond donors (Lipinski definition) is 1. The lowest BCUT2D eigenvalue weighted by atomic mass is 10.7. The number of aromatic nitrogens is 1. The minimum absolute atomic E-state index is 0.618. The number of H-pyrrole nitrogens is 1. The molecule has 0 aliphatic carbocycles. The van der Waals surface area contributed by atoms with Gasteiger partial charge in [0, 0.05) is 12.3 Å². The van der Waals surface area contributed by atoms with Gasteiger partial charge in [-0.3, -0.25) is 0 Å². The van der Waals surface area contributed by atoms with Gasteiger partial charge in [0.1, 0.15) is 0 Å². The van der Waals surface area contributed by atoms with E-state index >= 15 is 0 Å². The number of hydrogen-bond acceptors (Lipinski definition) is 2. The molecule has 0 aromatic carbocycles. The maximum absolute atomic E-state index is 4.59. The molecule has 1 rings (SSSR count). The highest BCUT2D eigenvalue weighted by Gasteiger charge is 1.87. The van der Waals surface area contributed by atoms with E-state index in [4.69, 9.17) is 0 Å². The Labute approximate surface area is 47.2 Å². The Hall–Kier alpha value is -0.960. The lowest BCUT2D eigenvalue weighted by Gasteiger charge is -1.92. The number of aromatic amines is 1. The minimum atomic E-state index is 0.618. The van der Waals surface area contributed by atoms with Crippen molar-refractivity contribution in [2.24, 2.45) is 0 Å². The average Bonchev–Trinajstić information content (AvgIpc) is 2.19. The highest BCUT2D eigenvalue weighted by molar-refractivity contribution is 5.08. The molecule has 0 atom stereocenters. The fourth-order valence-electron chi connectivity index (χ4n) is 0.455. The van der Waals surface area contributed by atoms with Crippen molar-refractivity contribution < 1.29 is 9.78 Å². The van der Waals surface area contributed by atoms with Crippen molar-refractivity contribution in [3.8, 4) is 5.88 Å². The summed E-state index contributed by atoms with van der Waals surface area (Å²) < 4.78 is 0. The third-order valence-corrected chi connectivity index (χ3v) is 0.743. The molecular weight excluding hydrogens is 106 g/mol. The van der Waals surface area contributed by atoms with Crippen LogP contribution in [0.5, 0.6) is 5.88 Å². The first-order chi connectivity index (χ1) is 3.93. The Balaban J connectivity index is 2.50. The summed E-state index contributed by atoms with van der Waals surface area (Å²) in [5.41, 5.74) is 0. The highest BCUT2D eigenvalue weighted by atomic mass is 17.2. The van der Waals surface area contributed by atoms with Gasteiger partial charge in [0.15, 0.2) is 0 Å². The maximum Gasteiger partial charge on any atom is 0.234 e. The number of rotatable bonds is 2. The molecule has 3 heteroatoms. The van der Waals surface area contributed by atoms with Crippen molar-refractivity contribution in [2.75, 3.05) is 7.11 Å². The fraction of sp³-hybridized carbons (Fsp3) is 0.200. The first-order valence-electron chi connectivity index (χ1n) is 2.27. The van der Waals surface area contributed by atoms with E-state index in [2.05, 4.69) is 14.8 Å². The largest absolute Gasteiger partial charge is 0.330 e. The van der Waals surface area contributed by atoms with Gasteiger partial charge in [-0.2, -0.15) is 4.89 Å². The molecule has 1 aromatic heterocycles. The van der Waals surface area contributed by atoms with Crippen LogP contribution in [0.3, 0.4) is 0 Å². The molecule has 8 heavy (non-hydrogen) atoms. The lowest BCUT2D eigenvalue weighted by molar-refractivity contribution is -0.181. The second kappa shape index (κ2) is 2.37. The zero-order valence-corrected chi connectivity index (χ0v) is 4.55. The van der Waals surface area contributed by atoms with Crippen LogP contribution in [0.1, 0.15) is 0 Å². The normalized spacial score (nSPS) is 9.12. The van der Waals surface area contributed by atoms with Crippen LogP contribution in [0.2, 0.25) is 0 Å². The smallest absolute Gasteiger partial charge is 0.234 e. The monoisotopic (exact) mass is 113 g/mol. The van der Waals surface area contributed by atoms with Gasteiger partial charge in [-0.15, -0.1) is 0 Å². The molecular formula is C5H7NO2. The summed E-state index contributed by atoms with van der Waals surface area (Å²) in [7, 11) is 1.46. The Bertz CT molecular complexity index is 136. The molecule has 1 heterocycles. The van der Waals surface area contributed by atoms with Gasteiger partial charge < -0.3 is 9.87 Å². The van der Waals surface area contributed by atoms with Gasteiger partial charge in [-0.05, 0) is 6.07 Å². The van der Waals surface area contributed by atoms with Crippen molar-refractivity contribution in [3.05, 3.63) is 18.3 Å². The summed E-state index contributed by atoms with van der Waals surface area (Å²) in [4.78, 5) is 11.7. The highest BCUT2D eigenvalue weighted by Crippen LogP contribution is 2.02. The van der Waals surface area contributed by atoms with Crippen LogP contribution in [-0.4, -0.2) is 12.1 Å². The third-order valence-electron chi connectivity index (χ3n) is 0.743. The first kappa shape index (κ1) is 5.18. The molecule has 1 aromatic rings. The van der Waals surface area contributed by atoms with E-state index in [-0.39, 0.29) is 0 Å². The van der Waals surface area contributed by atoms with Crippen molar-refractivity contribution in [1.29, 1.82) is 0 Å². The third kappa shape index (κ3) is 1.01.